The number of methoxy groups -OCH3 is 1. The Morgan fingerprint density at radius 3 is 2.77 bits per heavy atom. The molecular formula is C7H6BrNO3Se. The molecule has 0 saturated heterocycles. The molecule has 4 nitrogen and oxygen atoms in total. The molecule has 70 valence electrons. The molecule has 0 N–H and O–H groups in total. The topological polar surface area (TPSA) is 52.4 Å². The molecule has 0 amide bonds. The molecule has 0 aliphatic heterocycles. The van der Waals surface area contributed by atoms with Crippen molar-refractivity contribution in [1.82, 2.24) is 0 Å². The van der Waals surface area contributed by atoms with Gasteiger partial charge in [0.2, 0.25) is 0 Å². The van der Waals surface area contributed by atoms with E-state index in [0.717, 1.165) is 0 Å². The summed E-state index contributed by atoms with van der Waals surface area (Å²) in [6.07, 6.45) is 0. The second-order valence-corrected chi connectivity index (χ2v) is 5.10. The van der Waals surface area contributed by atoms with Crippen LogP contribution in [0.25, 0.3) is 0 Å². The van der Waals surface area contributed by atoms with Gasteiger partial charge in [-0.2, -0.15) is 0 Å². The van der Waals surface area contributed by atoms with Crippen LogP contribution in [0.2, 0.25) is 0 Å². The summed E-state index contributed by atoms with van der Waals surface area (Å²) in [7, 11) is 1.48. The van der Waals surface area contributed by atoms with Crippen LogP contribution in [0.15, 0.2) is 18.2 Å². The maximum atomic E-state index is 10.6. The van der Waals surface area contributed by atoms with Gasteiger partial charge in [-0.3, -0.25) is 0 Å². The monoisotopic (exact) mass is 311 g/mol. The molecule has 0 saturated carbocycles. The first-order chi connectivity index (χ1) is 6.19. The quantitative estimate of drug-likeness (QED) is 0.479. The van der Waals surface area contributed by atoms with Gasteiger partial charge in [-0.1, -0.05) is 0 Å². The Kier molecular flexibility index (Phi) is 3.71. The van der Waals surface area contributed by atoms with E-state index in [4.69, 9.17) is 4.74 Å². The van der Waals surface area contributed by atoms with Gasteiger partial charge in [-0.05, 0) is 0 Å². The molecule has 0 unspecified atom stereocenters. The van der Waals surface area contributed by atoms with Crippen LogP contribution in [0.1, 0.15) is 0 Å². The molecule has 0 atom stereocenters. The van der Waals surface area contributed by atoms with Crippen molar-refractivity contribution in [2.24, 2.45) is 0 Å². The predicted octanol–water partition coefficient (Wildman–Crippen LogP) is 1.24. The van der Waals surface area contributed by atoms with E-state index in [1.165, 1.54) is 13.2 Å². The van der Waals surface area contributed by atoms with Crippen molar-refractivity contribution >= 4 is 37.4 Å². The van der Waals surface area contributed by atoms with Gasteiger partial charge in [0.15, 0.2) is 0 Å². The third kappa shape index (κ3) is 2.43. The summed E-state index contributed by atoms with van der Waals surface area (Å²) in [6.45, 7) is 0. The Hall–Kier alpha value is -0.581. The average Bonchev–Trinajstić information content (AvgIpc) is 2.16. The number of hydrogen-bond donors (Lipinski definition) is 0. The van der Waals surface area contributed by atoms with Crippen molar-refractivity contribution in [3.8, 4) is 5.75 Å². The third-order valence-electron chi connectivity index (χ3n) is 1.45. The van der Waals surface area contributed by atoms with Crippen LogP contribution < -0.4 is 9.20 Å². The molecule has 0 aromatic heterocycles. The number of halogens is 1. The van der Waals surface area contributed by atoms with Gasteiger partial charge < -0.3 is 0 Å². The number of nitro benzene ring substituents is 1. The summed E-state index contributed by atoms with van der Waals surface area (Å²) in [4.78, 5) is 10.2. The number of ether oxygens (including phenoxy) is 1. The van der Waals surface area contributed by atoms with Gasteiger partial charge in [-0.15, -0.1) is 0 Å². The fraction of sp³-hybridized carbons (Fsp3) is 0.143. The second kappa shape index (κ2) is 4.60. The Morgan fingerprint density at radius 2 is 2.31 bits per heavy atom. The Labute approximate surface area is 88.3 Å². The van der Waals surface area contributed by atoms with Crippen LogP contribution >= 0.6 is 14.1 Å². The molecule has 0 radical (unpaired) electrons. The fourth-order valence-electron chi connectivity index (χ4n) is 0.832. The van der Waals surface area contributed by atoms with Crippen molar-refractivity contribution in [3.05, 3.63) is 28.3 Å². The average molecular weight is 311 g/mol. The SMILES string of the molecule is COc1ccc([Se]Br)c([N+](=O)[O-])c1. The van der Waals surface area contributed by atoms with Crippen molar-refractivity contribution in [2.75, 3.05) is 7.11 Å². The Morgan fingerprint density at radius 1 is 1.62 bits per heavy atom. The Bertz CT molecular complexity index is 332. The zero-order valence-corrected chi connectivity index (χ0v) is 9.99. The van der Waals surface area contributed by atoms with Crippen LogP contribution in [0.4, 0.5) is 5.69 Å². The van der Waals surface area contributed by atoms with Crippen LogP contribution in [0.3, 0.4) is 0 Å². The van der Waals surface area contributed by atoms with Crippen LogP contribution in [-0.4, -0.2) is 25.2 Å². The summed E-state index contributed by atoms with van der Waals surface area (Å²) in [5.74, 6) is 0.507. The molecule has 0 bridgehead atoms. The van der Waals surface area contributed by atoms with E-state index in [0.29, 0.717) is 10.2 Å². The molecule has 13 heavy (non-hydrogen) atoms. The summed E-state index contributed by atoms with van der Waals surface area (Å²) in [6, 6.07) is 4.84. The normalized spacial score (nSPS) is 9.69. The summed E-state index contributed by atoms with van der Waals surface area (Å²) >= 11 is 3.19. The van der Waals surface area contributed by atoms with E-state index < -0.39 is 4.92 Å². The molecule has 0 aliphatic rings. The van der Waals surface area contributed by atoms with E-state index in [1.54, 1.807) is 12.1 Å². The molecule has 1 aromatic rings. The van der Waals surface area contributed by atoms with Gasteiger partial charge in [0, 0.05) is 0 Å². The maximum absolute atomic E-state index is 10.6. The number of nitro groups is 1. The molecule has 0 heterocycles. The van der Waals surface area contributed by atoms with Gasteiger partial charge in [-0.25, -0.2) is 0 Å². The predicted molar refractivity (Wildman–Crippen MR) is 54.0 cm³/mol. The molecule has 0 fully saturated rings. The minimum absolute atomic E-state index is 0.0539. The summed E-state index contributed by atoms with van der Waals surface area (Å²) in [5, 5.41) is 10.6. The molecule has 0 aliphatic carbocycles. The van der Waals surface area contributed by atoms with Gasteiger partial charge in [0.25, 0.3) is 0 Å². The molecule has 6 heteroatoms. The molecular weight excluding hydrogens is 305 g/mol. The first-order valence-electron chi connectivity index (χ1n) is 3.30. The fourth-order valence-corrected chi connectivity index (χ4v) is 2.95. The van der Waals surface area contributed by atoms with Gasteiger partial charge in [0.05, 0.1) is 0 Å². The Balaban J connectivity index is 3.18. The van der Waals surface area contributed by atoms with Crippen molar-refractivity contribution in [3.63, 3.8) is 0 Å². The minimum atomic E-state index is -0.402. The van der Waals surface area contributed by atoms with Crippen molar-refractivity contribution in [2.45, 2.75) is 0 Å². The zero-order valence-electron chi connectivity index (χ0n) is 6.69. The number of hydrogen-bond acceptors (Lipinski definition) is 3. The number of rotatable bonds is 3. The van der Waals surface area contributed by atoms with E-state index in [2.05, 4.69) is 14.1 Å². The molecule has 0 spiro atoms. The van der Waals surface area contributed by atoms with E-state index in [1.807, 2.05) is 0 Å². The van der Waals surface area contributed by atoms with Crippen LogP contribution in [0, 0.1) is 10.1 Å². The van der Waals surface area contributed by atoms with Crippen molar-refractivity contribution in [1.29, 1.82) is 0 Å². The van der Waals surface area contributed by atoms with E-state index >= 15 is 0 Å². The first kappa shape index (κ1) is 10.5. The number of benzene rings is 1. The van der Waals surface area contributed by atoms with Gasteiger partial charge in [0.1, 0.15) is 0 Å². The van der Waals surface area contributed by atoms with Gasteiger partial charge >= 0.3 is 88.2 Å². The zero-order chi connectivity index (χ0) is 9.84. The molecule has 1 aromatic carbocycles. The van der Waals surface area contributed by atoms with Crippen LogP contribution in [-0.2, 0) is 0 Å². The van der Waals surface area contributed by atoms with Crippen molar-refractivity contribution < 1.29 is 9.66 Å². The number of nitrogens with zero attached hydrogens (tertiary/aromatic N) is 1. The van der Waals surface area contributed by atoms with E-state index in [9.17, 15) is 10.1 Å². The first-order valence-corrected chi connectivity index (χ1v) is 8.17. The van der Waals surface area contributed by atoms with E-state index in [-0.39, 0.29) is 18.8 Å². The summed E-state index contributed by atoms with van der Waals surface area (Å²) in [5.41, 5.74) is 0.108. The second-order valence-electron chi connectivity index (χ2n) is 2.17. The third-order valence-corrected chi connectivity index (χ3v) is 4.33. The van der Waals surface area contributed by atoms with Crippen LogP contribution in [0.5, 0.6) is 5.75 Å². The summed E-state index contributed by atoms with van der Waals surface area (Å²) < 4.78 is 5.60. The standard InChI is InChI=1S/C7H6BrNO3Se/c1-12-5-2-3-7(13-8)6(4-5)9(10)11/h2-4H,1H3. The molecule has 1 rings (SSSR count).